The molecule has 0 fully saturated rings. The van der Waals surface area contributed by atoms with E-state index in [9.17, 15) is 9.36 Å². The molecule has 0 aliphatic heterocycles. The third-order valence-electron chi connectivity index (χ3n) is 2.70. The number of carbonyl (C=O) groups is 1. The van der Waals surface area contributed by atoms with Crippen molar-refractivity contribution < 1.29 is 23.1 Å². The van der Waals surface area contributed by atoms with E-state index in [2.05, 4.69) is 5.32 Å². The van der Waals surface area contributed by atoms with Gasteiger partial charge in [-0.2, -0.15) is 0 Å². The number of amides is 1. The molecule has 1 aromatic carbocycles. The molecule has 0 aromatic heterocycles. The lowest BCUT2D eigenvalue weighted by molar-refractivity contribution is 0.0508. The highest BCUT2D eigenvalue weighted by Crippen LogP contribution is 2.59. The lowest BCUT2D eigenvalue weighted by Gasteiger charge is -2.28. The Hall–Kier alpha value is -1.36. The molecule has 0 saturated heterocycles. The zero-order chi connectivity index (χ0) is 17.5. The molecule has 7 heteroatoms. The van der Waals surface area contributed by atoms with Gasteiger partial charge in [0.1, 0.15) is 5.60 Å². The molecule has 0 aliphatic carbocycles. The van der Waals surface area contributed by atoms with Gasteiger partial charge in [-0.15, -0.1) is 0 Å². The summed E-state index contributed by atoms with van der Waals surface area (Å²) in [6.07, 6.45) is -0.675. The molecular weight excluding hydrogens is 317 g/mol. The highest BCUT2D eigenvalue weighted by Gasteiger charge is 2.39. The van der Waals surface area contributed by atoms with Crippen LogP contribution in [0.5, 0.6) is 0 Å². The summed E-state index contributed by atoms with van der Waals surface area (Å²) < 4.78 is 29.1. The summed E-state index contributed by atoms with van der Waals surface area (Å²) >= 11 is 0. The third kappa shape index (κ3) is 6.34. The third-order valence-corrected chi connectivity index (χ3v) is 5.00. The van der Waals surface area contributed by atoms with Crippen LogP contribution < -0.4 is 5.32 Å². The maximum absolute atomic E-state index is 13.1. The van der Waals surface area contributed by atoms with Crippen LogP contribution in [0.15, 0.2) is 30.3 Å². The average molecular weight is 343 g/mol. The van der Waals surface area contributed by atoms with Gasteiger partial charge in [-0.05, 0) is 40.2 Å². The number of rotatable bonds is 7. The number of alkyl carbamates (subject to hydrolysis) is 1. The Labute approximate surface area is 138 Å². The monoisotopic (exact) mass is 343 g/mol. The molecule has 0 spiro atoms. The van der Waals surface area contributed by atoms with Gasteiger partial charge in [0.25, 0.3) is 0 Å². The molecule has 1 amide bonds. The van der Waals surface area contributed by atoms with Crippen molar-refractivity contribution in [2.24, 2.45) is 0 Å². The van der Waals surface area contributed by atoms with E-state index in [1.54, 1.807) is 58.9 Å². The normalized spacial score (nSPS) is 13.4. The van der Waals surface area contributed by atoms with Crippen LogP contribution in [0.2, 0.25) is 0 Å². The molecule has 1 rings (SSSR count). The fourth-order valence-electron chi connectivity index (χ4n) is 1.95. The first kappa shape index (κ1) is 19.7. The van der Waals surface area contributed by atoms with Gasteiger partial charge in [-0.1, -0.05) is 30.3 Å². The molecule has 130 valence electrons. The van der Waals surface area contributed by atoms with Gasteiger partial charge in [0.2, 0.25) is 0 Å². The van der Waals surface area contributed by atoms with Crippen LogP contribution in [0.3, 0.4) is 0 Å². The van der Waals surface area contributed by atoms with Gasteiger partial charge in [0, 0.05) is 0 Å². The lowest BCUT2D eigenvalue weighted by atomic mass is 10.2. The Morgan fingerprint density at radius 1 is 1.13 bits per heavy atom. The summed E-state index contributed by atoms with van der Waals surface area (Å²) in [5.74, 6) is -0.932. The molecule has 0 radical (unpaired) electrons. The predicted molar refractivity (Wildman–Crippen MR) is 89.4 cm³/mol. The highest BCUT2D eigenvalue weighted by molar-refractivity contribution is 7.54. The van der Waals surface area contributed by atoms with Crippen molar-refractivity contribution in [3.63, 3.8) is 0 Å². The van der Waals surface area contributed by atoms with Crippen LogP contribution >= 0.6 is 7.60 Å². The van der Waals surface area contributed by atoms with Crippen molar-refractivity contribution >= 4 is 13.7 Å². The minimum Gasteiger partial charge on any atom is -0.444 e. The van der Waals surface area contributed by atoms with Crippen molar-refractivity contribution in [1.29, 1.82) is 0 Å². The number of hydrogen-bond acceptors (Lipinski definition) is 5. The van der Waals surface area contributed by atoms with Crippen LogP contribution in [0.1, 0.15) is 46.0 Å². The van der Waals surface area contributed by atoms with Crippen molar-refractivity contribution in [1.82, 2.24) is 5.32 Å². The number of ether oxygens (including phenoxy) is 1. The molecule has 1 atom stereocenters. The van der Waals surface area contributed by atoms with E-state index in [0.29, 0.717) is 5.56 Å². The Bertz CT molecular complexity index is 531. The SMILES string of the molecule is CCOP(=O)(OCC)C(NC(=O)OC(C)(C)C)c1ccccc1. The first-order valence-corrected chi connectivity index (χ1v) is 9.26. The summed E-state index contributed by atoms with van der Waals surface area (Å²) in [6.45, 7) is 9.13. The molecule has 0 saturated carbocycles. The molecule has 1 unspecified atom stereocenters. The maximum Gasteiger partial charge on any atom is 0.408 e. The summed E-state index contributed by atoms with van der Waals surface area (Å²) in [6, 6.07) is 8.93. The molecule has 23 heavy (non-hydrogen) atoms. The van der Waals surface area contributed by atoms with Gasteiger partial charge >= 0.3 is 13.7 Å². The average Bonchev–Trinajstić information content (AvgIpc) is 2.44. The van der Waals surface area contributed by atoms with Crippen molar-refractivity contribution in [3.05, 3.63) is 35.9 Å². The molecule has 1 N–H and O–H groups in total. The van der Waals surface area contributed by atoms with Gasteiger partial charge in [0.05, 0.1) is 13.2 Å². The van der Waals surface area contributed by atoms with E-state index in [1.165, 1.54) is 0 Å². The Morgan fingerprint density at radius 3 is 2.09 bits per heavy atom. The molecular formula is C16H26NO5P. The zero-order valence-corrected chi connectivity index (χ0v) is 15.3. The minimum absolute atomic E-state index is 0.205. The molecule has 0 bridgehead atoms. The Balaban J connectivity index is 3.12. The van der Waals surface area contributed by atoms with Crippen LogP contribution in [-0.4, -0.2) is 24.9 Å². The Morgan fingerprint density at radius 2 is 1.65 bits per heavy atom. The standard InChI is InChI=1S/C16H26NO5P/c1-6-20-23(19,21-7-2)14(13-11-9-8-10-12-13)17-15(18)22-16(3,4)5/h8-12,14H,6-7H2,1-5H3,(H,17,18). The smallest absolute Gasteiger partial charge is 0.408 e. The topological polar surface area (TPSA) is 73.9 Å². The molecule has 1 aromatic rings. The maximum atomic E-state index is 13.1. The van der Waals surface area contributed by atoms with Gasteiger partial charge < -0.3 is 19.1 Å². The van der Waals surface area contributed by atoms with E-state index in [1.807, 2.05) is 6.07 Å². The van der Waals surface area contributed by atoms with E-state index in [4.69, 9.17) is 13.8 Å². The second-order valence-electron chi connectivity index (χ2n) is 5.83. The van der Waals surface area contributed by atoms with Crippen molar-refractivity contribution in [3.8, 4) is 0 Å². The van der Waals surface area contributed by atoms with Gasteiger partial charge in [0.15, 0.2) is 5.78 Å². The van der Waals surface area contributed by atoms with E-state index in [-0.39, 0.29) is 13.2 Å². The van der Waals surface area contributed by atoms with E-state index in [0.717, 1.165) is 0 Å². The molecule has 0 aliphatic rings. The minimum atomic E-state index is -3.58. The van der Waals surface area contributed by atoms with Crippen LogP contribution in [0, 0.1) is 0 Å². The largest absolute Gasteiger partial charge is 0.444 e. The quantitative estimate of drug-likeness (QED) is 0.739. The van der Waals surface area contributed by atoms with Crippen molar-refractivity contribution in [2.75, 3.05) is 13.2 Å². The number of benzene rings is 1. The van der Waals surface area contributed by atoms with Crippen LogP contribution in [-0.2, 0) is 18.3 Å². The van der Waals surface area contributed by atoms with Crippen LogP contribution in [0.25, 0.3) is 0 Å². The van der Waals surface area contributed by atoms with E-state index < -0.39 is 25.1 Å². The van der Waals surface area contributed by atoms with Gasteiger partial charge in [-0.25, -0.2) is 4.79 Å². The van der Waals surface area contributed by atoms with Gasteiger partial charge in [-0.3, -0.25) is 4.57 Å². The fourth-order valence-corrected chi connectivity index (χ4v) is 3.84. The second-order valence-corrected chi connectivity index (χ2v) is 7.95. The lowest BCUT2D eigenvalue weighted by Crippen LogP contribution is -2.35. The molecule has 6 nitrogen and oxygen atoms in total. The predicted octanol–water partition coefficient (Wildman–Crippen LogP) is 4.48. The van der Waals surface area contributed by atoms with Crippen molar-refractivity contribution in [2.45, 2.75) is 46.0 Å². The molecule has 0 heterocycles. The first-order valence-electron chi connectivity index (χ1n) is 7.65. The number of carbonyl (C=O) groups excluding carboxylic acids is 1. The van der Waals surface area contributed by atoms with E-state index >= 15 is 0 Å². The number of nitrogens with one attached hydrogen (secondary N) is 1. The zero-order valence-electron chi connectivity index (χ0n) is 14.4. The summed E-state index contributed by atoms with van der Waals surface area (Å²) in [5.41, 5.74) is -0.0319. The first-order chi connectivity index (χ1) is 10.7. The fraction of sp³-hybridized carbons (Fsp3) is 0.562. The summed E-state index contributed by atoms with van der Waals surface area (Å²) in [7, 11) is -3.58. The second kappa shape index (κ2) is 8.48. The van der Waals surface area contributed by atoms with Crippen LogP contribution in [0.4, 0.5) is 4.79 Å². The highest BCUT2D eigenvalue weighted by atomic mass is 31.2. The summed E-state index contributed by atoms with van der Waals surface area (Å²) in [4.78, 5) is 12.1. The number of hydrogen-bond donors (Lipinski definition) is 1. The summed E-state index contributed by atoms with van der Waals surface area (Å²) in [5, 5.41) is 2.63. The Kier molecular flexibility index (Phi) is 7.26.